The number of carbonyl (C=O) groups is 1. The van der Waals surface area contributed by atoms with E-state index in [1.54, 1.807) is 18.2 Å². The minimum Gasteiger partial charge on any atom is -0.508 e. The van der Waals surface area contributed by atoms with Crippen molar-refractivity contribution in [2.75, 3.05) is 11.9 Å². The second-order valence-corrected chi connectivity index (χ2v) is 9.95. The van der Waals surface area contributed by atoms with Crippen LogP contribution in [0.5, 0.6) is 5.75 Å². The molecule has 1 unspecified atom stereocenters. The Bertz CT molecular complexity index is 1200. The van der Waals surface area contributed by atoms with E-state index in [9.17, 15) is 19.4 Å². The molecule has 0 saturated heterocycles. The van der Waals surface area contributed by atoms with Crippen LogP contribution >= 0.6 is 0 Å². The van der Waals surface area contributed by atoms with E-state index < -0.39 is 16.8 Å². The van der Waals surface area contributed by atoms with E-state index in [1.807, 2.05) is 51.1 Å². The van der Waals surface area contributed by atoms with E-state index in [1.165, 1.54) is 6.07 Å². The number of fused-ring (bicyclic) bond motifs is 1. The smallest absolute Gasteiger partial charge is 0.338 e. The van der Waals surface area contributed by atoms with Gasteiger partial charge in [0.1, 0.15) is 18.2 Å². The van der Waals surface area contributed by atoms with Crippen LogP contribution in [0.2, 0.25) is 0 Å². The fourth-order valence-corrected chi connectivity index (χ4v) is 4.79. The molecular formula is C28H30FNO4. The van der Waals surface area contributed by atoms with Gasteiger partial charge >= 0.3 is 5.97 Å². The van der Waals surface area contributed by atoms with E-state index in [4.69, 9.17) is 4.74 Å². The van der Waals surface area contributed by atoms with Gasteiger partial charge in [-0.2, -0.15) is 0 Å². The number of halogens is 1. The standard InChI is InChI=1S/C28H30FNO4/c1-18-5-4-6-19(9-18)14-28(33,16-27(2,3)21-11-22(29)13-24(31)12-21)17-30-23-7-8-25-20(10-23)15-34-26(25)32/h4-13,30-31,33H,14-17H2,1-3H3. The molecule has 0 bridgehead atoms. The van der Waals surface area contributed by atoms with Gasteiger partial charge in [0.2, 0.25) is 0 Å². The van der Waals surface area contributed by atoms with E-state index >= 15 is 0 Å². The number of benzene rings is 3. The van der Waals surface area contributed by atoms with Crippen molar-refractivity contribution in [2.24, 2.45) is 0 Å². The highest BCUT2D eigenvalue weighted by atomic mass is 19.1. The summed E-state index contributed by atoms with van der Waals surface area (Å²) in [4.78, 5) is 11.7. The zero-order chi connectivity index (χ0) is 24.5. The predicted octanol–water partition coefficient (Wildman–Crippen LogP) is 5.26. The Balaban J connectivity index is 1.60. The zero-order valence-corrected chi connectivity index (χ0v) is 19.7. The van der Waals surface area contributed by atoms with E-state index in [0.29, 0.717) is 24.0 Å². The number of ether oxygens (including phenoxy) is 1. The topological polar surface area (TPSA) is 78.8 Å². The molecule has 34 heavy (non-hydrogen) atoms. The first-order chi connectivity index (χ1) is 16.0. The summed E-state index contributed by atoms with van der Waals surface area (Å²) in [6.45, 7) is 6.35. The highest BCUT2D eigenvalue weighted by molar-refractivity contribution is 5.93. The first kappa shape index (κ1) is 23.8. The Morgan fingerprint density at radius 2 is 1.88 bits per heavy atom. The van der Waals surface area contributed by atoms with Crippen LogP contribution in [0.4, 0.5) is 10.1 Å². The van der Waals surface area contributed by atoms with Crippen LogP contribution in [-0.2, 0) is 23.2 Å². The van der Waals surface area contributed by atoms with E-state index in [0.717, 1.165) is 28.4 Å². The average molecular weight is 464 g/mol. The number of phenolic OH excluding ortho intramolecular Hbond substituents is 1. The fourth-order valence-electron chi connectivity index (χ4n) is 4.79. The lowest BCUT2D eigenvalue weighted by atomic mass is 9.73. The Labute approximate surface area is 199 Å². The molecule has 178 valence electrons. The minimum absolute atomic E-state index is 0.140. The maximum absolute atomic E-state index is 14.0. The van der Waals surface area contributed by atoms with Crippen LogP contribution < -0.4 is 5.32 Å². The second kappa shape index (κ2) is 9.11. The predicted molar refractivity (Wildman–Crippen MR) is 130 cm³/mol. The van der Waals surface area contributed by atoms with Crippen LogP contribution in [0.25, 0.3) is 0 Å². The molecule has 3 aromatic carbocycles. The number of hydrogen-bond acceptors (Lipinski definition) is 5. The maximum atomic E-state index is 14.0. The summed E-state index contributed by atoms with van der Waals surface area (Å²) in [5, 5.41) is 25.1. The summed E-state index contributed by atoms with van der Waals surface area (Å²) in [6.07, 6.45) is 0.704. The summed E-state index contributed by atoms with van der Waals surface area (Å²) < 4.78 is 19.1. The SMILES string of the molecule is Cc1cccc(CC(O)(CNc2ccc3c(c2)COC3=O)CC(C)(C)c2cc(O)cc(F)c2)c1. The number of anilines is 1. The number of cyclic esters (lactones) is 1. The van der Waals surface area contributed by atoms with Gasteiger partial charge in [0.25, 0.3) is 0 Å². The van der Waals surface area contributed by atoms with E-state index in [-0.39, 0.29) is 24.9 Å². The lowest BCUT2D eigenvalue weighted by molar-refractivity contribution is 0.0256. The normalized spacial score (nSPS) is 14.9. The van der Waals surface area contributed by atoms with Gasteiger partial charge in [-0.1, -0.05) is 43.7 Å². The minimum atomic E-state index is -1.19. The molecule has 0 radical (unpaired) electrons. The van der Waals surface area contributed by atoms with Crippen molar-refractivity contribution < 1.29 is 24.1 Å². The molecule has 1 aliphatic heterocycles. The molecule has 6 heteroatoms. The number of hydrogen-bond donors (Lipinski definition) is 3. The highest BCUT2D eigenvalue weighted by Crippen LogP contribution is 2.36. The first-order valence-electron chi connectivity index (χ1n) is 11.3. The Kier molecular flexibility index (Phi) is 6.36. The van der Waals surface area contributed by atoms with Crippen molar-refractivity contribution in [1.29, 1.82) is 0 Å². The molecule has 3 N–H and O–H groups in total. The molecule has 4 rings (SSSR count). The van der Waals surface area contributed by atoms with Crippen LogP contribution in [0.3, 0.4) is 0 Å². The number of aromatic hydroxyl groups is 1. The van der Waals surface area contributed by atoms with Crippen LogP contribution in [0.1, 0.15) is 52.9 Å². The quantitative estimate of drug-likeness (QED) is 0.397. The van der Waals surface area contributed by atoms with Gasteiger partial charge in [0.05, 0.1) is 11.2 Å². The summed E-state index contributed by atoms with van der Waals surface area (Å²) in [5.74, 6) is -0.978. The number of nitrogens with one attached hydrogen (secondary N) is 1. The highest BCUT2D eigenvalue weighted by Gasteiger charge is 2.36. The zero-order valence-electron chi connectivity index (χ0n) is 19.7. The molecule has 5 nitrogen and oxygen atoms in total. The first-order valence-corrected chi connectivity index (χ1v) is 11.3. The van der Waals surface area contributed by atoms with Crippen molar-refractivity contribution in [3.05, 3.63) is 94.3 Å². The molecule has 0 spiro atoms. The van der Waals surface area contributed by atoms with Gasteiger partial charge < -0.3 is 20.3 Å². The molecule has 1 atom stereocenters. The maximum Gasteiger partial charge on any atom is 0.338 e. The number of phenols is 1. The molecule has 0 aromatic heterocycles. The number of carbonyl (C=O) groups excluding carboxylic acids is 1. The van der Waals surface area contributed by atoms with Crippen molar-refractivity contribution in [3.8, 4) is 5.75 Å². The molecule has 3 aromatic rings. The summed E-state index contributed by atoms with van der Waals surface area (Å²) in [7, 11) is 0. The lowest BCUT2D eigenvalue weighted by Crippen LogP contribution is -2.44. The summed E-state index contributed by atoms with van der Waals surface area (Å²) in [5.41, 5.74) is 3.05. The number of esters is 1. The van der Waals surface area contributed by atoms with E-state index in [2.05, 4.69) is 5.32 Å². The number of aliphatic hydroxyl groups is 1. The third-order valence-electron chi connectivity index (χ3n) is 6.36. The van der Waals surface area contributed by atoms with Crippen LogP contribution in [0, 0.1) is 12.7 Å². The Morgan fingerprint density at radius 1 is 1.09 bits per heavy atom. The second-order valence-electron chi connectivity index (χ2n) is 9.95. The van der Waals surface area contributed by atoms with Crippen molar-refractivity contribution >= 4 is 11.7 Å². The van der Waals surface area contributed by atoms with Gasteiger partial charge in [-0.3, -0.25) is 0 Å². The van der Waals surface area contributed by atoms with Crippen LogP contribution in [-0.4, -0.2) is 28.3 Å². The molecule has 0 aliphatic carbocycles. The summed E-state index contributed by atoms with van der Waals surface area (Å²) in [6, 6.07) is 17.4. The molecule has 0 amide bonds. The summed E-state index contributed by atoms with van der Waals surface area (Å²) >= 11 is 0. The number of rotatable bonds is 8. The molecule has 0 saturated carbocycles. The van der Waals surface area contributed by atoms with Gasteiger partial charge in [-0.25, -0.2) is 9.18 Å². The van der Waals surface area contributed by atoms with Gasteiger partial charge in [-0.15, -0.1) is 0 Å². The third-order valence-corrected chi connectivity index (χ3v) is 6.36. The average Bonchev–Trinajstić information content (AvgIpc) is 3.11. The van der Waals surface area contributed by atoms with Gasteiger partial charge in [-0.05, 0) is 60.2 Å². The Morgan fingerprint density at radius 3 is 2.62 bits per heavy atom. The Hall–Kier alpha value is -3.38. The van der Waals surface area contributed by atoms with Gasteiger partial charge in [0, 0.05) is 30.3 Å². The lowest BCUT2D eigenvalue weighted by Gasteiger charge is -2.37. The molecule has 1 aliphatic rings. The van der Waals surface area contributed by atoms with Gasteiger partial charge in [0.15, 0.2) is 0 Å². The van der Waals surface area contributed by atoms with Crippen molar-refractivity contribution in [3.63, 3.8) is 0 Å². The molecule has 0 fully saturated rings. The third kappa shape index (κ3) is 5.39. The molecule has 1 heterocycles. The monoisotopic (exact) mass is 463 g/mol. The van der Waals surface area contributed by atoms with Crippen molar-refractivity contribution in [1.82, 2.24) is 0 Å². The number of aryl methyl sites for hydroxylation is 1. The van der Waals surface area contributed by atoms with Crippen LogP contribution in [0.15, 0.2) is 60.7 Å². The molecular weight excluding hydrogens is 433 g/mol. The fraction of sp³-hybridized carbons (Fsp3) is 0.321. The largest absolute Gasteiger partial charge is 0.508 e. The van der Waals surface area contributed by atoms with Crippen molar-refractivity contribution in [2.45, 2.75) is 51.2 Å².